The van der Waals surface area contributed by atoms with Crippen LogP contribution in [0.5, 0.6) is 0 Å². The summed E-state index contributed by atoms with van der Waals surface area (Å²) in [7, 11) is 0. The highest BCUT2D eigenvalue weighted by atomic mass is 16.3. The molecule has 0 aliphatic carbocycles. The maximum absolute atomic E-state index is 6.82. The normalized spacial score (nSPS) is 12.4. The third kappa shape index (κ3) is 8.91. The lowest BCUT2D eigenvalue weighted by Gasteiger charge is -2.44. The van der Waals surface area contributed by atoms with Crippen LogP contribution < -0.4 is 26.2 Å². The average molecular weight is 1210 g/mol. The van der Waals surface area contributed by atoms with Gasteiger partial charge in [0.2, 0.25) is 0 Å². The van der Waals surface area contributed by atoms with Crippen molar-refractivity contribution in [3.8, 4) is 84.9 Å². The molecule has 0 spiro atoms. The fourth-order valence-electron chi connectivity index (χ4n) is 14.6. The quantitative estimate of drug-likeness (QED) is 0.125. The van der Waals surface area contributed by atoms with Crippen LogP contribution in [0.1, 0.15) is 0 Å². The molecule has 4 aromatic heterocycles. The fraction of sp³-hybridized carbons (Fsp3) is 0. The van der Waals surface area contributed by atoms with Gasteiger partial charge in [0, 0.05) is 83.7 Å². The molecule has 0 saturated carbocycles. The topological polar surface area (TPSA) is 89.0 Å². The molecule has 2 aliphatic heterocycles. The number of aromatic nitrogens is 6. The van der Waals surface area contributed by atoms with Gasteiger partial charge in [0.25, 0.3) is 6.71 Å². The first-order valence-corrected chi connectivity index (χ1v) is 32.1. The van der Waals surface area contributed by atoms with Gasteiger partial charge in [-0.25, -0.2) is 24.9 Å². The van der Waals surface area contributed by atoms with Gasteiger partial charge < -0.3 is 18.8 Å². The molecule has 17 aromatic rings. The van der Waals surface area contributed by atoms with Crippen LogP contribution in [-0.2, 0) is 0 Å². The summed E-state index contributed by atoms with van der Waals surface area (Å²) in [5, 5.41) is 4.22. The number of anilines is 6. The van der Waals surface area contributed by atoms with E-state index in [1.54, 1.807) is 0 Å². The lowest BCUT2D eigenvalue weighted by Crippen LogP contribution is -2.61. The molecule has 9 nitrogen and oxygen atoms in total. The van der Waals surface area contributed by atoms with Crippen molar-refractivity contribution < 1.29 is 4.42 Å². The van der Waals surface area contributed by atoms with Gasteiger partial charge in [-0.3, -0.25) is 0 Å². The Hall–Kier alpha value is -12.8. The predicted molar refractivity (Wildman–Crippen MR) is 389 cm³/mol. The Morgan fingerprint density at radius 1 is 0.284 bits per heavy atom. The Labute approximate surface area is 547 Å². The maximum atomic E-state index is 6.82. The molecule has 19 rings (SSSR count). The average Bonchev–Trinajstić information content (AvgIpc) is 1.20. The van der Waals surface area contributed by atoms with Crippen molar-refractivity contribution in [3.05, 3.63) is 322 Å². The van der Waals surface area contributed by atoms with Crippen LogP contribution in [0.15, 0.2) is 326 Å². The fourth-order valence-corrected chi connectivity index (χ4v) is 14.6. The van der Waals surface area contributed by atoms with E-state index in [9.17, 15) is 0 Å². The van der Waals surface area contributed by atoms with Crippen LogP contribution in [0.4, 0.5) is 34.1 Å². The van der Waals surface area contributed by atoms with Gasteiger partial charge in [-0.1, -0.05) is 218 Å². The minimum absolute atomic E-state index is 0.0385. The van der Waals surface area contributed by atoms with Crippen LogP contribution in [0, 0.1) is 0 Å². The maximum Gasteiger partial charge on any atom is 0.252 e. The van der Waals surface area contributed by atoms with Gasteiger partial charge in [0.05, 0.1) is 33.5 Å². The number of benzene rings is 13. The Kier molecular flexibility index (Phi) is 12.5. The van der Waals surface area contributed by atoms with Crippen molar-refractivity contribution in [2.24, 2.45) is 0 Å². The molecule has 0 unspecified atom stereocenters. The van der Waals surface area contributed by atoms with Gasteiger partial charge in [0.1, 0.15) is 11.2 Å². The zero-order chi connectivity index (χ0) is 62.5. The second-order valence-corrected chi connectivity index (χ2v) is 24.3. The van der Waals surface area contributed by atoms with E-state index >= 15 is 0 Å². The third-order valence-corrected chi connectivity index (χ3v) is 18.8. The molecule has 0 bridgehead atoms. The standard InChI is InChI=1S/C85H53BN8O/c1-5-24-54(25-6-1)69-53-70(55-26-7-2-8-27-55)88-83(87-69)60-46-48-72(94-71-40-17-13-37-65(71)79-75(94)49-47-64-63-36-14-20-45-78(63)95-81(64)79)66(52-60)85-90-82(56-28-9-3-10-29-56)89-84(91-85)59-32-21-30-57(50-59)58-31-22-35-62(51-58)93-74-42-19-16-39-68(74)86-67-38-15-18-41-73(67)92(61-33-11-4-12-34-61)76-43-23-44-77(93)80(76)86/h1-53H. The van der Waals surface area contributed by atoms with Gasteiger partial charge in [0.15, 0.2) is 23.3 Å². The smallest absolute Gasteiger partial charge is 0.252 e. The number of para-hydroxylation sites is 5. The Morgan fingerprint density at radius 3 is 1.48 bits per heavy atom. The number of hydrogen-bond acceptors (Lipinski definition) is 8. The highest BCUT2D eigenvalue weighted by molar-refractivity contribution is 7.00. The minimum atomic E-state index is 0.0385. The molecule has 13 aromatic carbocycles. The first-order valence-electron chi connectivity index (χ1n) is 32.1. The van der Waals surface area contributed by atoms with E-state index in [4.69, 9.17) is 29.3 Å². The van der Waals surface area contributed by atoms with E-state index in [0.29, 0.717) is 23.3 Å². The van der Waals surface area contributed by atoms with E-state index in [2.05, 4.69) is 269 Å². The SMILES string of the molecule is c1ccc(-c2cc(-c3ccccc3)nc(-c3ccc(-n4c5ccccc5c5c6oc7ccccc7c6ccc54)c(-c4nc(-c5ccccc5)nc(-c5cccc(-c6cccc(N7c8ccccc8B8c9ccccc9N(c9ccccc9)c9cccc7c98)c6)c5)n4)c3)n2)cc1. The van der Waals surface area contributed by atoms with Gasteiger partial charge in [-0.05, 0) is 131 Å². The highest BCUT2D eigenvalue weighted by Crippen LogP contribution is 2.47. The van der Waals surface area contributed by atoms with Gasteiger partial charge >= 0.3 is 0 Å². The molecule has 0 fully saturated rings. The third-order valence-electron chi connectivity index (χ3n) is 18.8. The Bertz CT molecular complexity index is 5840. The van der Waals surface area contributed by atoms with E-state index < -0.39 is 0 Å². The van der Waals surface area contributed by atoms with E-state index in [1.165, 1.54) is 27.8 Å². The predicted octanol–water partition coefficient (Wildman–Crippen LogP) is 19.4. The van der Waals surface area contributed by atoms with Gasteiger partial charge in [-0.15, -0.1) is 0 Å². The second kappa shape index (κ2) is 22.0. The zero-order valence-electron chi connectivity index (χ0n) is 51.2. The van der Waals surface area contributed by atoms with Crippen LogP contribution in [0.25, 0.3) is 129 Å². The molecular weight excluding hydrogens is 1160 g/mol. The van der Waals surface area contributed by atoms with Crippen LogP contribution >= 0.6 is 0 Å². The first kappa shape index (κ1) is 54.0. The number of hydrogen-bond donors (Lipinski definition) is 0. The summed E-state index contributed by atoms with van der Waals surface area (Å²) in [5.41, 5.74) is 24.1. The number of rotatable bonds is 10. The van der Waals surface area contributed by atoms with Crippen molar-refractivity contribution >= 4 is 101 Å². The summed E-state index contributed by atoms with van der Waals surface area (Å²) in [6, 6.07) is 113. The molecule has 2 aliphatic rings. The molecule has 10 heteroatoms. The summed E-state index contributed by atoms with van der Waals surface area (Å²) in [5.74, 6) is 2.11. The molecule has 0 saturated heterocycles. The van der Waals surface area contributed by atoms with Crippen LogP contribution in [-0.4, -0.2) is 36.2 Å². The second-order valence-electron chi connectivity index (χ2n) is 24.3. The Balaban J connectivity index is 0.793. The monoisotopic (exact) mass is 1210 g/mol. The molecule has 0 amide bonds. The van der Waals surface area contributed by atoms with E-state index in [1.807, 2.05) is 66.7 Å². The molecule has 0 N–H and O–H groups in total. The summed E-state index contributed by atoms with van der Waals surface area (Å²) >= 11 is 0. The van der Waals surface area contributed by atoms with Gasteiger partial charge in [-0.2, -0.15) is 0 Å². The minimum Gasteiger partial charge on any atom is -0.455 e. The van der Waals surface area contributed by atoms with Crippen molar-refractivity contribution in [2.45, 2.75) is 0 Å². The summed E-state index contributed by atoms with van der Waals surface area (Å²) in [6.07, 6.45) is 0. The lowest BCUT2D eigenvalue weighted by molar-refractivity contribution is 0.673. The van der Waals surface area contributed by atoms with Crippen LogP contribution in [0.2, 0.25) is 0 Å². The first-order chi connectivity index (χ1) is 47.1. The Morgan fingerprint density at radius 2 is 0.779 bits per heavy atom. The molecule has 442 valence electrons. The van der Waals surface area contributed by atoms with Crippen molar-refractivity contribution in [3.63, 3.8) is 0 Å². The molecule has 6 heterocycles. The molecule has 95 heavy (non-hydrogen) atoms. The zero-order valence-corrected chi connectivity index (χ0v) is 51.2. The highest BCUT2D eigenvalue weighted by Gasteiger charge is 2.43. The number of furan rings is 1. The molecule has 0 atom stereocenters. The molecule has 0 radical (unpaired) electrons. The summed E-state index contributed by atoms with van der Waals surface area (Å²) < 4.78 is 9.15. The van der Waals surface area contributed by atoms with Crippen molar-refractivity contribution in [2.75, 3.05) is 9.80 Å². The van der Waals surface area contributed by atoms with Crippen molar-refractivity contribution in [1.82, 2.24) is 29.5 Å². The largest absolute Gasteiger partial charge is 0.455 e. The number of nitrogens with zero attached hydrogens (tertiary/aromatic N) is 8. The van der Waals surface area contributed by atoms with Crippen LogP contribution in [0.3, 0.4) is 0 Å². The van der Waals surface area contributed by atoms with E-state index in [-0.39, 0.29) is 6.71 Å². The lowest BCUT2D eigenvalue weighted by atomic mass is 9.33. The summed E-state index contributed by atoms with van der Waals surface area (Å²) in [6.45, 7) is 0.0385. The molecular formula is C85H53BN8O. The van der Waals surface area contributed by atoms with Crippen molar-refractivity contribution in [1.29, 1.82) is 0 Å². The number of fused-ring (bicyclic) bond motifs is 11. The summed E-state index contributed by atoms with van der Waals surface area (Å²) in [4.78, 5) is 32.1. The van der Waals surface area contributed by atoms with E-state index in [0.717, 1.165) is 128 Å².